The quantitative estimate of drug-likeness (QED) is 0.463. The Morgan fingerprint density at radius 3 is 2.50 bits per heavy atom. The van der Waals surface area contributed by atoms with Crippen LogP contribution in [0.15, 0.2) is 23.9 Å². The third-order valence-electron chi connectivity index (χ3n) is 2.42. The fraction of sp³-hybridized carbons (Fsp3) is 0.250. The monoisotopic (exact) mass is 280 g/mol. The number of hydrogen-bond donors (Lipinski definition) is 0. The smallest absolute Gasteiger partial charge is 0.303 e. The van der Waals surface area contributed by atoms with Crippen LogP contribution in [-0.2, 0) is 9.53 Å². The van der Waals surface area contributed by atoms with E-state index in [0.717, 1.165) is 13.0 Å². The second-order valence-corrected chi connectivity index (χ2v) is 3.98. The van der Waals surface area contributed by atoms with Crippen LogP contribution in [0, 0.1) is 27.2 Å². The maximum atomic E-state index is 10.8. The Morgan fingerprint density at radius 1 is 1.35 bits per heavy atom. The summed E-state index contributed by atoms with van der Waals surface area (Å²) in [7, 11) is 0. The van der Waals surface area contributed by atoms with Gasteiger partial charge in [-0.2, -0.15) is 0 Å². The van der Waals surface area contributed by atoms with Crippen LogP contribution < -0.4 is 0 Å². The Labute approximate surface area is 114 Å². The zero-order valence-corrected chi connectivity index (χ0v) is 10.9. The summed E-state index contributed by atoms with van der Waals surface area (Å²) >= 11 is 0. The van der Waals surface area contributed by atoms with Crippen LogP contribution in [0.3, 0.4) is 0 Å². The second-order valence-electron chi connectivity index (χ2n) is 3.98. The van der Waals surface area contributed by atoms with Crippen LogP contribution in [0.2, 0.25) is 0 Å². The van der Waals surface area contributed by atoms with Gasteiger partial charge in [-0.15, -0.1) is 0 Å². The molecule has 0 aliphatic carbocycles. The number of carbonyl (C=O) groups is 1. The molecule has 0 aliphatic heterocycles. The number of hydrogen-bond acceptors (Lipinski definition) is 6. The first-order chi connectivity index (χ1) is 9.31. The van der Waals surface area contributed by atoms with E-state index >= 15 is 0 Å². The Kier molecular flexibility index (Phi) is 4.90. The van der Waals surface area contributed by atoms with E-state index in [9.17, 15) is 25.0 Å². The zero-order chi connectivity index (χ0) is 15.3. The van der Waals surface area contributed by atoms with E-state index in [1.165, 1.54) is 18.2 Å². The molecule has 106 valence electrons. The van der Waals surface area contributed by atoms with Gasteiger partial charge in [0.05, 0.1) is 9.85 Å². The Balaban J connectivity index is 3.11. The van der Waals surface area contributed by atoms with E-state index in [2.05, 4.69) is 4.74 Å². The Bertz CT molecular complexity index is 594. The maximum Gasteiger partial charge on any atom is 0.303 e. The number of benzene rings is 1. The molecule has 0 bridgehead atoms. The van der Waals surface area contributed by atoms with Crippen molar-refractivity contribution in [3.05, 3.63) is 55.3 Å². The standard InChI is InChI=1S/C12H12N2O6/c1-8-3-4-10(6-12(8)14(18)19)5-11(13(16)17)7-20-9(2)15/h3-6H,7H2,1-2H3/b11-5-. The SMILES string of the molecule is CC(=O)OC/C(=C/c1ccc(C)c([N+](=O)[O-])c1)[N+](=O)[O-]. The normalized spacial score (nSPS) is 11.0. The molecule has 1 rings (SSSR count). The summed E-state index contributed by atoms with van der Waals surface area (Å²) in [6.45, 7) is 2.21. The van der Waals surface area contributed by atoms with Gasteiger partial charge < -0.3 is 4.74 Å². The van der Waals surface area contributed by atoms with E-state index < -0.39 is 22.4 Å². The van der Waals surface area contributed by atoms with Crippen LogP contribution in [0.1, 0.15) is 18.1 Å². The van der Waals surface area contributed by atoms with Gasteiger partial charge in [0.1, 0.15) is 0 Å². The van der Waals surface area contributed by atoms with Gasteiger partial charge in [-0.1, -0.05) is 12.1 Å². The minimum absolute atomic E-state index is 0.131. The lowest BCUT2D eigenvalue weighted by atomic mass is 10.1. The summed E-state index contributed by atoms with van der Waals surface area (Å²) in [6.07, 6.45) is 1.13. The van der Waals surface area contributed by atoms with Crippen molar-refractivity contribution in [1.82, 2.24) is 0 Å². The molecule has 0 atom stereocenters. The van der Waals surface area contributed by atoms with Gasteiger partial charge in [-0.3, -0.25) is 25.0 Å². The first kappa shape index (κ1) is 15.3. The van der Waals surface area contributed by atoms with Crippen molar-refractivity contribution in [2.45, 2.75) is 13.8 Å². The number of aryl methyl sites for hydroxylation is 1. The minimum atomic E-state index is -0.700. The molecule has 0 saturated heterocycles. The summed E-state index contributed by atoms with van der Waals surface area (Å²) in [5.74, 6) is -0.646. The minimum Gasteiger partial charge on any atom is -0.454 e. The van der Waals surface area contributed by atoms with Gasteiger partial charge in [0.15, 0.2) is 6.61 Å². The van der Waals surface area contributed by atoms with Crippen molar-refractivity contribution < 1.29 is 19.4 Å². The fourth-order valence-corrected chi connectivity index (χ4v) is 1.43. The molecule has 0 saturated carbocycles. The highest BCUT2D eigenvalue weighted by molar-refractivity contribution is 5.66. The number of ether oxygens (including phenoxy) is 1. The number of nitro groups is 2. The molecule has 0 heterocycles. The molecule has 8 nitrogen and oxygen atoms in total. The summed E-state index contributed by atoms with van der Waals surface area (Å²) in [5.41, 5.74) is 0.253. The molecule has 0 fully saturated rings. The lowest BCUT2D eigenvalue weighted by Gasteiger charge is -2.01. The van der Waals surface area contributed by atoms with Crippen molar-refractivity contribution in [2.75, 3.05) is 6.61 Å². The van der Waals surface area contributed by atoms with Crippen LogP contribution in [0.4, 0.5) is 5.69 Å². The van der Waals surface area contributed by atoms with E-state index in [1.54, 1.807) is 6.92 Å². The first-order valence-electron chi connectivity index (χ1n) is 5.54. The van der Waals surface area contributed by atoms with Crippen molar-refractivity contribution in [1.29, 1.82) is 0 Å². The highest BCUT2D eigenvalue weighted by Gasteiger charge is 2.15. The lowest BCUT2D eigenvalue weighted by molar-refractivity contribution is -0.428. The van der Waals surface area contributed by atoms with Crippen molar-refractivity contribution >= 4 is 17.7 Å². The predicted molar refractivity (Wildman–Crippen MR) is 69.4 cm³/mol. The van der Waals surface area contributed by atoms with Crippen LogP contribution in [0.5, 0.6) is 0 Å². The number of carbonyl (C=O) groups excluding carboxylic acids is 1. The van der Waals surface area contributed by atoms with Gasteiger partial charge in [0, 0.05) is 24.6 Å². The lowest BCUT2D eigenvalue weighted by Crippen LogP contribution is -2.09. The van der Waals surface area contributed by atoms with Crippen LogP contribution >= 0.6 is 0 Å². The Morgan fingerprint density at radius 2 is 2.00 bits per heavy atom. The van der Waals surface area contributed by atoms with Crippen LogP contribution in [0.25, 0.3) is 6.08 Å². The van der Waals surface area contributed by atoms with Gasteiger partial charge in [-0.05, 0) is 12.5 Å². The Hall–Kier alpha value is -2.77. The predicted octanol–water partition coefficient (Wildman–Crippen LogP) is 2.08. The van der Waals surface area contributed by atoms with E-state index in [4.69, 9.17) is 0 Å². The van der Waals surface area contributed by atoms with Crippen LogP contribution in [-0.4, -0.2) is 22.4 Å². The van der Waals surface area contributed by atoms with Crippen molar-refractivity contribution in [3.63, 3.8) is 0 Å². The fourth-order valence-electron chi connectivity index (χ4n) is 1.43. The summed E-state index contributed by atoms with van der Waals surface area (Å²) < 4.78 is 4.56. The van der Waals surface area contributed by atoms with Gasteiger partial charge in [0.2, 0.25) is 0 Å². The largest absolute Gasteiger partial charge is 0.454 e. The molecule has 1 aromatic carbocycles. The molecule has 0 amide bonds. The van der Waals surface area contributed by atoms with Crippen molar-refractivity contribution in [3.8, 4) is 0 Å². The highest BCUT2D eigenvalue weighted by atomic mass is 16.6. The first-order valence-corrected chi connectivity index (χ1v) is 5.54. The van der Waals surface area contributed by atoms with E-state index in [1.807, 2.05) is 0 Å². The van der Waals surface area contributed by atoms with Crippen molar-refractivity contribution in [2.24, 2.45) is 0 Å². The topological polar surface area (TPSA) is 113 Å². The molecule has 20 heavy (non-hydrogen) atoms. The van der Waals surface area contributed by atoms with E-state index in [0.29, 0.717) is 11.1 Å². The summed E-state index contributed by atoms with van der Waals surface area (Å²) in [5, 5.41) is 21.6. The average Bonchev–Trinajstić information content (AvgIpc) is 2.35. The van der Waals surface area contributed by atoms with Gasteiger partial charge in [-0.25, -0.2) is 0 Å². The molecule has 8 heteroatoms. The summed E-state index contributed by atoms with van der Waals surface area (Å²) in [6, 6.07) is 4.24. The molecule has 0 unspecified atom stereocenters. The third kappa shape index (κ3) is 4.16. The summed E-state index contributed by atoms with van der Waals surface area (Å²) in [4.78, 5) is 31.0. The molecule has 1 aromatic rings. The molecular formula is C12H12N2O6. The highest BCUT2D eigenvalue weighted by Crippen LogP contribution is 2.21. The maximum absolute atomic E-state index is 10.8. The average molecular weight is 280 g/mol. The molecule has 0 aliphatic rings. The van der Waals surface area contributed by atoms with Gasteiger partial charge in [0.25, 0.3) is 11.4 Å². The van der Waals surface area contributed by atoms with Gasteiger partial charge >= 0.3 is 5.97 Å². The number of esters is 1. The zero-order valence-electron chi connectivity index (χ0n) is 10.9. The second kappa shape index (κ2) is 6.41. The molecule has 0 N–H and O–H groups in total. The molecule has 0 spiro atoms. The number of nitrogens with zero attached hydrogens (tertiary/aromatic N) is 2. The third-order valence-corrected chi connectivity index (χ3v) is 2.42. The number of nitro benzene ring substituents is 1. The van der Waals surface area contributed by atoms with E-state index in [-0.39, 0.29) is 11.4 Å². The molecular weight excluding hydrogens is 268 g/mol. The molecule has 0 aromatic heterocycles. The molecule has 0 radical (unpaired) electrons. The number of rotatable bonds is 5.